The number of rotatable bonds is 6. The molecule has 26 heavy (non-hydrogen) atoms. The van der Waals surface area contributed by atoms with Crippen molar-refractivity contribution in [2.75, 3.05) is 0 Å². The maximum atomic E-state index is 12.2. The first-order valence-electron chi connectivity index (χ1n) is 7.83. The molecule has 7 heteroatoms. The van der Waals surface area contributed by atoms with E-state index >= 15 is 0 Å². The smallest absolute Gasteiger partial charge is 0.308 e. The minimum absolute atomic E-state index is 0.206. The SMILES string of the molecule is CC(=O)Oc1ccc(C(=O)NCc2ccc(Oc3nccs3)cc2)cc1. The van der Waals surface area contributed by atoms with Gasteiger partial charge < -0.3 is 14.8 Å². The van der Waals surface area contributed by atoms with Gasteiger partial charge in [0, 0.05) is 30.6 Å². The van der Waals surface area contributed by atoms with Gasteiger partial charge in [-0.2, -0.15) is 0 Å². The minimum atomic E-state index is -0.399. The van der Waals surface area contributed by atoms with Gasteiger partial charge in [-0.3, -0.25) is 9.59 Å². The number of carbonyl (C=O) groups excluding carboxylic acids is 2. The number of nitrogens with one attached hydrogen (secondary N) is 1. The highest BCUT2D eigenvalue weighted by atomic mass is 32.1. The Morgan fingerprint density at radius 2 is 1.73 bits per heavy atom. The number of ether oxygens (including phenoxy) is 2. The highest BCUT2D eigenvalue weighted by Gasteiger charge is 2.07. The van der Waals surface area contributed by atoms with Crippen LogP contribution in [0, 0.1) is 0 Å². The zero-order valence-electron chi connectivity index (χ0n) is 14.0. The summed E-state index contributed by atoms with van der Waals surface area (Å²) in [5, 5.41) is 5.27. The summed E-state index contributed by atoms with van der Waals surface area (Å²) in [6, 6.07) is 13.8. The van der Waals surface area contributed by atoms with E-state index in [2.05, 4.69) is 10.3 Å². The lowest BCUT2D eigenvalue weighted by Gasteiger charge is -2.07. The van der Waals surface area contributed by atoms with E-state index in [1.165, 1.54) is 18.3 Å². The van der Waals surface area contributed by atoms with Gasteiger partial charge in [0.1, 0.15) is 11.5 Å². The van der Waals surface area contributed by atoms with Crippen LogP contribution in [0.3, 0.4) is 0 Å². The summed E-state index contributed by atoms with van der Waals surface area (Å²) in [5.41, 5.74) is 1.44. The Hall–Kier alpha value is -3.19. The number of amides is 1. The third-order valence-electron chi connectivity index (χ3n) is 3.37. The molecule has 0 unspecified atom stereocenters. The molecule has 0 atom stereocenters. The zero-order valence-corrected chi connectivity index (χ0v) is 14.8. The zero-order chi connectivity index (χ0) is 18.4. The second-order valence-corrected chi connectivity index (χ2v) is 6.20. The van der Waals surface area contributed by atoms with Crippen LogP contribution < -0.4 is 14.8 Å². The predicted octanol–water partition coefficient (Wildman–Crippen LogP) is 3.79. The van der Waals surface area contributed by atoms with Crippen LogP contribution >= 0.6 is 11.3 Å². The number of esters is 1. The van der Waals surface area contributed by atoms with Crippen molar-refractivity contribution in [3.05, 3.63) is 71.2 Å². The first-order valence-corrected chi connectivity index (χ1v) is 8.71. The van der Waals surface area contributed by atoms with Gasteiger partial charge in [-0.05, 0) is 42.0 Å². The number of thiazole rings is 1. The van der Waals surface area contributed by atoms with E-state index in [0.717, 1.165) is 5.56 Å². The third-order valence-corrected chi connectivity index (χ3v) is 4.02. The lowest BCUT2D eigenvalue weighted by Crippen LogP contribution is -2.22. The number of hydrogen-bond acceptors (Lipinski definition) is 6. The predicted molar refractivity (Wildman–Crippen MR) is 97.6 cm³/mol. The van der Waals surface area contributed by atoms with Crippen LogP contribution in [0.15, 0.2) is 60.1 Å². The Balaban J connectivity index is 1.53. The summed E-state index contributed by atoms with van der Waals surface area (Å²) in [5.74, 6) is 0.493. The first-order chi connectivity index (χ1) is 12.6. The van der Waals surface area contributed by atoms with Crippen molar-refractivity contribution in [3.63, 3.8) is 0 Å². The molecule has 1 amide bonds. The molecule has 0 aliphatic rings. The normalized spacial score (nSPS) is 10.2. The standard InChI is InChI=1S/C19H16N2O4S/c1-13(22)24-16-8-4-15(5-9-16)18(23)21-12-14-2-6-17(7-3-14)25-19-20-10-11-26-19/h2-11H,12H2,1H3,(H,21,23). The number of benzene rings is 2. The molecule has 0 spiro atoms. The molecule has 0 aliphatic carbocycles. The molecule has 0 radical (unpaired) electrons. The minimum Gasteiger partial charge on any atom is -0.431 e. The fraction of sp³-hybridized carbons (Fsp3) is 0.105. The molecule has 132 valence electrons. The molecular weight excluding hydrogens is 352 g/mol. The monoisotopic (exact) mass is 368 g/mol. The van der Waals surface area contributed by atoms with Gasteiger partial charge in [-0.1, -0.05) is 23.5 Å². The van der Waals surface area contributed by atoms with Crippen LogP contribution in [0.5, 0.6) is 16.7 Å². The summed E-state index contributed by atoms with van der Waals surface area (Å²) < 4.78 is 10.5. The molecule has 1 N–H and O–H groups in total. The van der Waals surface area contributed by atoms with Crippen molar-refractivity contribution in [3.8, 4) is 16.7 Å². The van der Waals surface area contributed by atoms with Crippen molar-refractivity contribution in [1.29, 1.82) is 0 Å². The van der Waals surface area contributed by atoms with Gasteiger partial charge >= 0.3 is 5.97 Å². The lowest BCUT2D eigenvalue weighted by molar-refractivity contribution is -0.131. The van der Waals surface area contributed by atoms with Crippen LogP contribution in [0.2, 0.25) is 0 Å². The Bertz CT molecular complexity index is 875. The number of nitrogens with zero attached hydrogens (tertiary/aromatic N) is 1. The van der Waals surface area contributed by atoms with Gasteiger partial charge in [0.15, 0.2) is 0 Å². The molecule has 3 aromatic rings. The van der Waals surface area contributed by atoms with Gasteiger partial charge in [0.2, 0.25) is 0 Å². The molecule has 1 heterocycles. The van der Waals surface area contributed by atoms with Crippen LogP contribution in [0.1, 0.15) is 22.8 Å². The molecule has 0 aliphatic heterocycles. The van der Waals surface area contributed by atoms with E-state index in [9.17, 15) is 9.59 Å². The number of aromatic nitrogens is 1. The molecule has 0 saturated carbocycles. The number of hydrogen-bond donors (Lipinski definition) is 1. The summed E-state index contributed by atoms with van der Waals surface area (Å²) >= 11 is 1.42. The second-order valence-electron chi connectivity index (χ2n) is 5.34. The summed E-state index contributed by atoms with van der Waals surface area (Å²) in [6.07, 6.45) is 1.68. The quantitative estimate of drug-likeness (QED) is 0.529. The summed E-state index contributed by atoms with van der Waals surface area (Å²) in [4.78, 5) is 27.1. The Labute approximate surface area is 154 Å². The highest BCUT2D eigenvalue weighted by Crippen LogP contribution is 2.23. The average Bonchev–Trinajstić information content (AvgIpc) is 3.14. The van der Waals surface area contributed by atoms with Crippen LogP contribution in [0.25, 0.3) is 0 Å². The molecule has 2 aromatic carbocycles. The molecule has 3 rings (SSSR count). The molecule has 1 aromatic heterocycles. The summed E-state index contributed by atoms with van der Waals surface area (Å²) in [7, 11) is 0. The molecule has 0 saturated heterocycles. The van der Waals surface area contributed by atoms with Crippen molar-refractivity contribution in [2.24, 2.45) is 0 Å². The van der Waals surface area contributed by atoms with Gasteiger partial charge in [-0.25, -0.2) is 4.98 Å². The van der Waals surface area contributed by atoms with E-state index in [4.69, 9.17) is 9.47 Å². The van der Waals surface area contributed by atoms with Crippen molar-refractivity contribution in [2.45, 2.75) is 13.5 Å². The Kier molecular flexibility index (Phi) is 5.60. The maximum Gasteiger partial charge on any atom is 0.308 e. The van der Waals surface area contributed by atoms with Crippen LogP contribution in [-0.2, 0) is 11.3 Å². The average molecular weight is 368 g/mol. The topological polar surface area (TPSA) is 77.5 Å². The van der Waals surface area contributed by atoms with E-state index < -0.39 is 5.97 Å². The van der Waals surface area contributed by atoms with Gasteiger partial charge in [-0.15, -0.1) is 0 Å². The third kappa shape index (κ3) is 4.90. The second kappa shape index (κ2) is 8.26. The van der Waals surface area contributed by atoms with Gasteiger partial charge in [0.25, 0.3) is 11.1 Å². The molecule has 0 fully saturated rings. The molecule has 0 bridgehead atoms. The van der Waals surface area contributed by atoms with Crippen molar-refractivity contribution < 1.29 is 19.1 Å². The van der Waals surface area contributed by atoms with E-state index in [1.54, 1.807) is 30.5 Å². The molecule has 6 nitrogen and oxygen atoms in total. The van der Waals surface area contributed by atoms with Crippen molar-refractivity contribution >= 4 is 23.2 Å². The highest BCUT2D eigenvalue weighted by molar-refractivity contribution is 7.11. The van der Waals surface area contributed by atoms with E-state index in [0.29, 0.717) is 28.8 Å². The summed E-state index contributed by atoms with van der Waals surface area (Å²) in [6.45, 7) is 1.72. The Morgan fingerprint density at radius 3 is 2.35 bits per heavy atom. The Morgan fingerprint density at radius 1 is 1.04 bits per heavy atom. The first kappa shape index (κ1) is 17.6. The largest absolute Gasteiger partial charge is 0.431 e. The van der Waals surface area contributed by atoms with Crippen molar-refractivity contribution in [1.82, 2.24) is 10.3 Å². The van der Waals surface area contributed by atoms with Crippen LogP contribution in [-0.4, -0.2) is 16.9 Å². The lowest BCUT2D eigenvalue weighted by atomic mass is 10.2. The van der Waals surface area contributed by atoms with Gasteiger partial charge in [0.05, 0.1) is 0 Å². The van der Waals surface area contributed by atoms with Crippen LogP contribution in [0.4, 0.5) is 0 Å². The maximum absolute atomic E-state index is 12.2. The van der Waals surface area contributed by atoms with E-state index in [1.807, 2.05) is 29.6 Å². The molecular formula is C19H16N2O4S. The fourth-order valence-electron chi connectivity index (χ4n) is 2.16. The number of carbonyl (C=O) groups is 2. The van der Waals surface area contributed by atoms with E-state index in [-0.39, 0.29) is 5.91 Å². The fourth-order valence-corrected chi connectivity index (χ4v) is 2.67.